The summed E-state index contributed by atoms with van der Waals surface area (Å²) in [6.07, 6.45) is 0. The first kappa shape index (κ1) is 17.1. The Kier molecular flexibility index (Phi) is 4.29. The predicted octanol–water partition coefficient (Wildman–Crippen LogP) is 3.50. The first-order chi connectivity index (χ1) is 13.0. The van der Waals surface area contributed by atoms with Crippen molar-refractivity contribution in [1.82, 2.24) is 9.88 Å². The number of anilines is 1. The number of carbonyl (C=O) groups is 3. The van der Waals surface area contributed by atoms with E-state index in [1.54, 1.807) is 48.5 Å². The summed E-state index contributed by atoms with van der Waals surface area (Å²) in [5.74, 6) is -0.916. The van der Waals surface area contributed by atoms with Gasteiger partial charge in [0.1, 0.15) is 0 Å². The average Bonchev–Trinajstić information content (AvgIpc) is 3.19. The Morgan fingerprint density at radius 3 is 2.41 bits per heavy atom. The highest BCUT2D eigenvalue weighted by atomic mass is 32.1. The SMILES string of the molecule is Cc1csc(NC(=O)c2cccc(CN3C(=O)c4ccccc4C3=O)c2)n1. The number of rotatable bonds is 4. The van der Waals surface area contributed by atoms with Crippen LogP contribution in [0.2, 0.25) is 0 Å². The third kappa shape index (κ3) is 3.24. The van der Waals surface area contributed by atoms with E-state index in [2.05, 4.69) is 10.3 Å². The molecule has 0 aliphatic carbocycles. The second kappa shape index (κ2) is 6.77. The summed E-state index contributed by atoms with van der Waals surface area (Å²) in [5.41, 5.74) is 2.81. The fraction of sp³-hybridized carbons (Fsp3) is 0.100. The lowest BCUT2D eigenvalue weighted by atomic mass is 10.1. The minimum Gasteiger partial charge on any atom is -0.298 e. The molecule has 1 aliphatic heterocycles. The maximum Gasteiger partial charge on any atom is 0.261 e. The Labute approximate surface area is 159 Å². The van der Waals surface area contributed by atoms with Gasteiger partial charge in [0, 0.05) is 10.9 Å². The monoisotopic (exact) mass is 377 g/mol. The van der Waals surface area contributed by atoms with E-state index in [1.807, 2.05) is 12.3 Å². The highest BCUT2D eigenvalue weighted by Gasteiger charge is 2.34. The average molecular weight is 377 g/mol. The molecule has 0 bridgehead atoms. The van der Waals surface area contributed by atoms with Gasteiger partial charge < -0.3 is 0 Å². The maximum absolute atomic E-state index is 12.5. The van der Waals surface area contributed by atoms with Gasteiger partial charge in [-0.1, -0.05) is 24.3 Å². The Morgan fingerprint density at radius 2 is 1.78 bits per heavy atom. The van der Waals surface area contributed by atoms with E-state index >= 15 is 0 Å². The number of hydrogen-bond acceptors (Lipinski definition) is 5. The molecule has 0 saturated carbocycles. The van der Waals surface area contributed by atoms with Gasteiger partial charge in [0.05, 0.1) is 23.4 Å². The molecule has 3 amide bonds. The lowest BCUT2D eigenvalue weighted by molar-refractivity contribution is 0.0642. The summed E-state index contributed by atoms with van der Waals surface area (Å²) in [7, 11) is 0. The summed E-state index contributed by atoms with van der Waals surface area (Å²) >= 11 is 1.36. The molecule has 0 fully saturated rings. The number of amides is 3. The molecular weight excluding hydrogens is 362 g/mol. The molecule has 4 rings (SSSR count). The van der Waals surface area contributed by atoms with Crippen molar-refractivity contribution in [2.75, 3.05) is 5.32 Å². The predicted molar refractivity (Wildman–Crippen MR) is 102 cm³/mol. The summed E-state index contributed by atoms with van der Waals surface area (Å²) in [4.78, 5) is 42.8. The van der Waals surface area contributed by atoms with Crippen molar-refractivity contribution in [3.63, 3.8) is 0 Å². The van der Waals surface area contributed by atoms with Crippen LogP contribution < -0.4 is 5.32 Å². The van der Waals surface area contributed by atoms with E-state index in [0.717, 1.165) is 5.69 Å². The van der Waals surface area contributed by atoms with E-state index in [-0.39, 0.29) is 24.3 Å². The number of aromatic nitrogens is 1. The second-order valence-corrected chi connectivity index (χ2v) is 7.05. The number of thiazole rings is 1. The zero-order chi connectivity index (χ0) is 19.0. The molecule has 1 aromatic heterocycles. The molecule has 6 nitrogen and oxygen atoms in total. The standard InChI is InChI=1S/C20H15N3O3S/c1-12-11-27-20(21-12)22-17(24)14-6-4-5-13(9-14)10-23-18(25)15-7-2-3-8-16(15)19(23)26/h2-9,11H,10H2,1H3,(H,21,22,24). The topological polar surface area (TPSA) is 79.4 Å². The second-order valence-electron chi connectivity index (χ2n) is 6.19. The summed E-state index contributed by atoms with van der Waals surface area (Å²) in [5, 5.41) is 5.14. The Hall–Kier alpha value is -3.32. The normalized spacial score (nSPS) is 13.0. The molecule has 0 radical (unpaired) electrons. The van der Waals surface area contributed by atoms with E-state index in [1.165, 1.54) is 16.2 Å². The number of nitrogens with one attached hydrogen (secondary N) is 1. The highest BCUT2D eigenvalue weighted by molar-refractivity contribution is 7.13. The quantitative estimate of drug-likeness (QED) is 0.706. The van der Waals surface area contributed by atoms with Crippen molar-refractivity contribution >= 4 is 34.2 Å². The smallest absolute Gasteiger partial charge is 0.261 e. The zero-order valence-electron chi connectivity index (χ0n) is 14.4. The van der Waals surface area contributed by atoms with E-state index in [9.17, 15) is 14.4 Å². The third-order valence-electron chi connectivity index (χ3n) is 4.25. The molecule has 7 heteroatoms. The lowest BCUT2D eigenvalue weighted by Gasteiger charge is -2.14. The molecule has 0 unspecified atom stereocenters. The molecule has 134 valence electrons. The van der Waals surface area contributed by atoms with Gasteiger partial charge in [-0.2, -0.15) is 0 Å². The van der Waals surface area contributed by atoms with Gasteiger partial charge in [0.2, 0.25) is 0 Å². The van der Waals surface area contributed by atoms with Crippen molar-refractivity contribution in [3.05, 3.63) is 81.9 Å². The molecule has 2 heterocycles. The van der Waals surface area contributed by atoms with Gasteiger partial charge in [-0.05, 0) is 36.8 Å². The lowest BCUT2D eigenvalue weighted by Crippen LogP contribution is -2.29. The van der Waals surface area contributed by atoms with Crippen LogP contribution in [0, 0.1) is 6.92 Å². The number of imide groups is 1. The largest absolute Gasteiger partial charge is 0.298 e. The summed E-state index contributed by atoms with van der Waals surface area (Å²) in [6, 6.07) is 13.6. The van der Waals surface area contributed by atoms with E-state index in [0.29, 0.717) is 27.4 Å². The van der Waals surface area contributed by atoms with Gasteiger partial charge in [-0.25, -0.2) is 4.98 Å². The van der Waals surface area contributed by atoms with Gasteiger partial charge in [-0.3, -0.25) is 24.6 Å². The molecule has 0 saturated heterocycles. The van der Waals surface area contributed by atoms with E-state index < -0.39 is 0 Å². The van der Waals surface area contributed by atoms with Crippen LogP contribution in [0.25, 0.3) is 0 Å². The summed E-state index contributed by atoms with van der Waals surface area (Å²) < 4.78 is 0. The van der Waals surface area contributed by atoms with Crippen LogP contribution in [0.3, 0.4) is 0 Å². The highest BCUT2D eigenvalue weighted by Crippen LogP contribution is 2.24. The van der Waals surface area contributed by atoms with Crippen LogP contribution in [0.15, 0.2) is 53.9 Å². The zero-order valence-corrected chi connectivity index (χ0v) is 15.2. The number of aryl methyl sites for hydroxylation is 1. The van der Waals surface area contributed by atoms with Gasteiger partial charge in [-0.15, -0.1) is 11.3 Å². The fourth-order valence-electron chi connectivity index (χ4n) is 2.96. The first-order valence-electron chi connectivity index (χ1n) is 8.30. The third-order valence-corrected chi connectivity index (χ3v) is 5.12. The molecule has 1 N–H and O–H groups in total. The van der Waals surface area contributed by atoms with Crippen LogP contribution in [0.5, 0.6) is 0 Å². The van der Waals surface area contributed by atoms with Crippen LogP contribution in [-0.4, -0.2) is 27.6 Å². The first-order valence-corrected chi connectivity index (χ1v) is 9.18. The molecule has 2 aromatic carbocycles. The minimum atomic E-state index is -0.316. The Bertz CT molecular complexity index is 1040. The maximum atomic E-state index is 12.5. The van der Waals surface area contributed by atoms with Crippen molar-refractivity contribution in [3.8, 4) is 0 Å². The van der Waals surface area contributed by atoms with Crippen molar-refractivity contribution < 1.29 is 14.4 Å². The molecule has 0 spiro atoms. The Morgan fingerprint density at radius 1 is 1.07 bits per heavy atom. The Balaban J connectivity index is 1.53. The molecule has 1 aliphatic rings. The summed E-state index contributed by atoms with van der Waals surface area (Å²) in [6.45, 7) is 1.97. The number of carbonyl (C=O) groups excluding carboxylic acids is 3. The van der Waals surface area contributed by atoms with Gasteiger partial charge >= 0.3 is 0 Å². The molecule has 3 aromatic rings. The molecule has 0 atom stereocenters. The van der Waals surface area contributed by atoms with Crippen molar-refractivity contribution in [2.24, 2.45) is 0 Å². The number of nitrogens with zero attached hydrogens (tertiary/aromatic N) is 2. The van der Waals surface area contributed by atoms with Crippen LogP contribution in [-0.2, 0) is 6.54 Å². The number of fused-ring (bicyclic) bond motifs is 1. The van der Waals surface area contributed by atoms with Gasteiger partial charge in [0.25, 0.3) is 17.7 Å². The van der Waals surface area contributed by atoms with Crippen molar-refractivity contribution in [1.29, 1.82) is 0 Å². The van der Waals surface area contributed by atoms with Crippen LogP contribution in [0.4, 0.5) is 5.13 Å². The molecular formula is C20H15N3O3S. The number of benzene rings is 2. The van der Waals surface area contributed by atoms with E-state index in [4.69, 9.17) is 0 Å². The van der Waals surface area contributed by atoms with Crippen LogP contribution >= 0.6 is 11.3 Å². The molecule has 27 heavy (non-hydrogen) atoms. The number of hydrogen-bond donors (Lipinski definition) is 1. The van der Waals surface area contributed by atoms with Gasteiger partial charge in [0.15, 0.2) is 5.13 Å². The van der Waals surface area contributed by atoms with Crippen LogP contribution in [0.1, 0.15) is 42.3 Å². The van der Waals surface area contributed by atoms with Crippen molar-refractivity contribution in [2.45, 2.75) is 13.5 Å². The fourth-order valence-corrected chi connectivity index (χ4v) is 3.64. The minimum absolute atomic E-state index is 0.115.